The summed E-state index contributed by atoms with van der Waals surface area (Å²) in [5.41, 5.74) is -1.57. The van der Waals surface area contributed by atoms with E-state index >= 15 is 0 Å². The number of carbonyl (C=O) groups is 2. The average molecular weight is 367 g/mol. The van der Waals surface area contributed by atoms with Crippen molar-refractivity contribution in [1.82, 2.24) is 0 Å². The Kier molecular flexibility index (Phi) is 18.9. The number of rotatable bonds is 17. The Bertz CT molecular complexity index is 337. The molecule has 4 nitrogen and oxygen atoms in total. The standard InChI is InChI=1S/C20H38O4.Na.H/c1-3-5-7-8-9-10-11-12-13-15-17-20(18(21)22,19(23)24)16-14-6-4-2;;/h3-17H2,1-2H3,(H,21,22)(H,23,24);;/q;+1;-1. The maximum Gasteiger partial charge on any atom is 1.00 e. The minimum atomic E-state index is -1.57. The minimum absolute atomic E-state index is 0. The van der Waals surface area contributed by atoms with E-state index in [1.807, 2.05) is 6.92 Å². The third kappa shape index (κ3) is 12.0. The first kappa shape index (κ1) is 27.2. The van der Waals surface area contributed by atoms with Crippen LogP contribution in [0.1, 0.15) is 112 Å². The normalized spacial score (nSPS) is 11.1. The van der Waals surface area contributed by atoms with Gasteiger partial charge in [0.25, 0.3) is 0 Å². The van der Waals surface area contributed by atoms with Crippen molar-refractivity contribution in [3.63, 3.8) is 0 Å². The molecule has 0 bridgehead atoms. The molecular weight excluding hydrogens is 327 g/mol. The molecule has 144 valence electrons. The van der Waals surface area contributed by atoms with Gasteiger partial charge in [0, 0.05) is 0 Å². The van der Waals surface area contributed by atoms with Crippen molar-refractivity contribution in [1.29, 1.82) is 0 Å². The van der Waals surface area contributed by atoms with Crippen molar-refractivity contribution in [3.05, 3.63) is 0 Å². The fourth-order valence-electron chi connectivity index (χ4n) is 3.24. The summed E-state index contributed by atoms with van der Waals surface area (Å²) in [7, 11) is 0. The molecule has 0 aromatic carbocycles. The van der Waals surface area contributed by atoms with Crippen LogP contribution in [0, 0.1) is 5.41 Å². The molecule has 2 N–H and O–H groups in total. The molecular formula is C20H39NaO4. The summed E-state index contributed by atoms with van der Waals surface area (Å²) in [5, 5.41) is 18.9. The first-order valence-electron chi connectivity index (χ1n) is 9.98. The van der Waals surface area contributed by atoms with Crippen molar-refractivity contribution < 1.29 is 50.8 Å². The van der Waals surface area contributed by atoms with Crippen molar-refractivity contribution in [3.8, 4) is 0 Å². The fourth-order valence-corrected chi connectivity index (χ4v) is 3.24. The summed E-state index contributed by atoms with van der Waals surface area (Å²) < 4.78 is 0. The average Bonchev–Trinajstić information content (AvgIpc) is 2.54. The zero-order valence-corrected chi connectivity index (χ0v) is 18.8. The Hall–Kier alpha value is -0.0600. The van der Waals surface area contributed by atoms with Gasteiger partial charge in [-0.05, 0) is 12.8 Å². The predicted octanol–water partition coefficient (Wildman–Crippen LogP) is 3.15. The van der Waals surface area contributed by atoms with Crippen LogP contribution in [0.15, 0.2) is 0 Å². The molecule has 0 amide bonds. The second-order valence-corrected chi connectivity index (χ2v) is 7.08. The largest absolute Gasteiger partial charge is 1.00 e. The van der Waals surface area contributed by atoms with E-state index in [-0.39, 0.29) is 43.8 Å². The number of hydrogen-bond acceptors (Lipinski definition) is 2. The van der Waals surface area contributed by atoms with Crippen molar-refractivity contribution >= 4 is 11.9 Å². The fraction of sp³-hybridized carbons (Fsp3) is 0.900. The van der Waals surface area contributed by atoms with E-state index in [1.54, 1.807) is 0 Å². The summed E-state index contributed by atoms with van der Waals surface area (Å²) in [6.45, 7) is 4.25. The Balaban J connectivity index is -0.00000264. The number of carboxylic acid groups (broad SMARTS) is 2. The SMILES string of the molecule is CCCCCCCCCCCCC(CCCCC)(C(=O)O)C(=O)O.[H-].[Na+]. The summed E-state index contributed by atoms with van der Waals surface area (Å²) in [4.78, 5) is 23.1. The molecule has 0 aromatic rings. The zero-order chi connectivity index (χ0) is 18.3. The van der Waals surface area contributed by atoms with Crippen LogP contribution in [0.2, 0.25) is 0 Å². The monoisotopic (exact) mass is 366 g/mol. The summed E-state index contributed by atoms with van der Waals surface area (Å²) in [5.74, 6) is -2.33. The number of unbranched alkanes of at least 4 members (excludes halogenated alkanes) is 11. The van der Waals surface area contributed by atoms with Gasteiger partial charge >= 0.3 is 41.5 Å². The van der Waals surface area contributed by atoms with Crippen LogP contribution < -0.4 is 29.6 Å². The second-order valence-electron chi connectivity index (χ2n) is 7.08. The van der Waals surface area contributed by atoms with Gasteiger partial charge in [-0.25, -0.2) is 0 Å². The van der Waals surface area contributed by atoms with Crippen LogP contribution in [0.25, 0.3) is 0 Å². The third-order valence-corrected chi connectivity index (χ3v) is 4.98. The maximum absolute atomic E-state index is 11.6. The Morgan fingerprint density at radius 1 is 0.640 bits per heavy atom. The zero-order valence-electron chi connectivity index (χ0n) is 17.8. The molecule has 0 aromatic heterocycles. The Morgan fingerprint density at radius 2 is 0.920 bits per heavy atom. The van der Waals surface area contributed by atoms with E-state index < -0.39 is 17.4 Å². The van der Waals surface area contributed by atoms with Crippen LogP contribution in [0.4, 0.5) is 0 Å². The molecule has 25 heavy (non-hydrogen) atoms. The van der Waals surface area contributed by atoms with Crippen molar-refractivity contribution in [2.45, 2.75) is 110 Å². The maximum atomic E-state index is 11.6. The van der Waals surface area contributed by atoms with E-state index in [0.717, 1.165) is 25.7 Å². The molecule has 0 unspecified atom stereocenters. The van der Waals surface area contributed by atoms with Gasteiger partial charge in [-0.2, -0.15) is 0 Å². The molecule has 0 fully saturated rings. The van der Waals surface area contributed by atoms with Crippen molar-refractivity contribution in [2.24, 2.45) is 5.41 Å². The predicted molar refractivity (Wildman–Crippen MR) is 99.4 cm³/mol. The van der Waals surface area contributed by atoms with E-state index in [2.05, 4.69) is 6.92 Å². The van der Waals surface area contributed by atoms with Crippen LogP contribution in [0.3, 0.4) is 0 Å². The van der Waals surface area contributed by atoms with Gasteiger partial charge in [0.2, 0.25) is 0 Å². The molecule has 0 rings (SSSR count). The first-order chi connectivity index (χ1) is 11.5. The molecule has 0 saturated heterocycles. The van der Waals surface area contributed by atoms with Crippen LogP contribution >= 0.6 is 0 Å². The number of carboxylic acids is 2. The molecule has 0 aliphatic heterocycles. The second kappa shape index (κ2) is 17.4. The van der Waals surface area contributed by atoms with Gasteiger partial charge in [0.15, 0.2) is 5.41 Å². The minimum Gasteiger partial charge on any atom is -1.00 e. The van der Waals surface area contributed by atoms with Gasteiger partial charge in [-0.1, -0.05) is 97.3 Å². The first-order valence-corrected chi connectivity index (χ1v) is 9.98. The van der Waals surface area contributed by atoms with Gasteiger partial charge in [-0.15, -0.1) is 0 Å². The third-order valence-electron chi connectivity index (χ3n) is 4.98. The molecule has 0 radical (unpaired) electrons. The Labute approximate surface area is 177 Å². The van der Waals surface area contributed by atoms with Crippen molar-refractivity contribution in [2.75, 3.05) is 0 Å². The topological polar surface area (TPSA) is 74.6 Å². The molecule has 0 atom stereocenters. The summed E-state index contributed by atoms with van der Waals surface area (Å²) in [6, 6.07) is 0. The molecule has 0 aliphatic carbocycles. The van der Waals surface area contributed by atoms with E-state index in [9.17, 15) is 19.8 Å². The number of aliphatic carboxylic acids is 2. The molecule has 0 saturated carbocycles. The molecule has 0 aliphatic rings. The van der Waals surface area contributed by atoms with Crippen LogP contribution in [-0.2, 0) is 9.59 Å². The molecule has 0 heterocycles. The van der Waals surface area contributed by atoms with Gasteiger partial charge in [-0.3, -0.25) is 9.59 Å². The van der Waals surface area contributed by atoms with Gasteiger partial charge in [0.1, 0.15) is 0 Å². The number of hydrogen-bond donors (Lipinski definition) is 2. The van der Waals surface area contributed by atoms with Gasteiger partial charge in [0.05, 0.1) is 0 Å². The summed E-state index contributed by atoms with van der Waals surface area (Å²) >= 11 is 0. The molecule has 5 heteroatoms. The van der Waals surface area contributed by atoms with E-state index in [0.29, 0.717) is 12.8 Å². The van der Waals surface area contributed by atoms with E-state index in [1.165, 1.54) is 44.9 Å². The van der Waals surface area contributed by atoms with E-state index in [4.69, 9.17) is 0 Å². The molecule has 0 spiro atoms. The van der Waals surface area contributed by atoms with Crippen LogP contribution in [0.5, 0.6) is 0 Å². The quantitative estimate of drug-likeness (QED) is 0.236. The smallest absolute Gasteiger partial charge is 1.00 e. The van der Waals surface area contributed by atoms with Gasteiger partial charge < -0.3 is 11.6 Å². The van der Waals surface area contributed by atoms with Crippen LogP contribution in [-0.4, -0.2) is 22.2 Å². The summed E-state index contributed by atoms with van der Waals surface area (Å²) in [6.07, 6.45) is 14.7. The Morgan fingerprint density at radius 3 is 1.28 bits per heavy atom.